The monoisotopic (exact) mass is 739 g/mol. The van der Waals surface area contributed by atoms with E-state index in [4.69, 9.17) is 0 Å². The Bertz CT molecular complexity index is 1920. The third-order valence-electron chi connectivity index (χ3n) is 7.53. The van der Waals surface area contributed by atoms with E-state index >= 15 is 0 Å². The molecule has 0 atom stereocenters. The summed E-state index contributed by atoms with van der Waals surface area (Å²) < 4.78 is 4.30. The quantitative estimate of drug-likeness (QED) is 0.152. The maximum Gasteiger partial charge on any atom is 2.00 e. The van der Waals surface area contributed by atoms with E-state index < -0.39 is 8.24 Å². The van der Waals surface area contributed by atoms with Gasteiger partial charge in [-0.25, -0.2) is 0 Å². The summed E-state index contributed by atoms with van der Waals surface area (Å²) in [5, 5.41) is 14.4. The smallest absolute Gasteiger partial charge is 0.513 e. The van der Waals surface area contributed by atoms with Gasteiger partial charge in [0.15, 0.2) is 0 Å². The van der Waals surface area contributed by atoms with Crippen LogP contribution >= 0.6 is 0 Å². The molecule has 0 saturated carbocycles. The van der Waals surface area contributed by atoms with Crippen LogP contribution in [0.1, 0.15) is 0 Å². The Labute approximate surface area is 260 Å². The first-order valence-corrected chi connectivity index (χ1v) is 15.5. The van der Waals surface area contributed by atoms with E-state index in [9.17, 15) is 5.11 Å². The molecule has 7 rings (SSSR count). The molecule has 0 spiro atoms. The summed E-state index contributed by atoms with van der Waals surface area (Å²) >= 11 is 0. The normalized spacial score (nSPS) is 11.2. The van der Waals surface area contributed by atoms with Gasteiger partial charge >= 0.3 is 29.3 Å². The molecular formula is C36H26N3OPtSi+. The van der Waals surface area contributed by atoms with Gasteiger partial charge in [0, 0.05) is 11.7 Å². The van der Waals surface area contributed by atoms with Crippen LogP contribution in [0.25, 0.3) is 28.0 Å². The average molecular weight is 740 g/mol. The summed E-state index contributed by atoms with van der Waals surface area (Å²) in [6, 6.07) is 53.2. The predicted octanol–water partition coefficient (Wildman–Crippen LogP) is 4.80. The van der Waals surface area contributed by atoms with Crippen molar-refractivity contribution in [2.75, 3.05) is 0 Å². The number of aromatic hydroxyl groups is 1. The molecule has 0 aliphatic heterocycles. The van der Waals surface area contributed by atoms with Crippen molar-refractivity contribution in [2.45, 2.75) is 0 Å². The van der Waals surface area contributed by atoms with E-state index in [2.05, 4.69) is 119 Å². The van der Waals surface area contributed by atoms with E-state index in [1.54, 1.807) is 6.07 Å². The van der Waals surface area contributed by atoms with Crippen LogP contribution in [-0.4, -0.2) is 22.9 Å². The maximum atomic E-state index is 10.9. The Morgan fingerprint density at radius 3 is 1.98 bits per heavy atom. The van der Waals surface area contributed by atoms with Crippen LogP contribution < -0.4 is 19.8 Å². The van der Waals surface area contributed by atoms with Crippen molar-refractivity contribution in [1.82, 2.24) is 9.55 Å². The first-order valence-electron chi connectivity index (χ1n) is 13.6. The first kappa shape index (κ1) is 27.6. The Hall–Kier alpha value is -4.57. The minimum absolute atomic E-state index is 0. The fraction of sp³-hybridized carbons (Fsp3) is 0. The van der Waals surface area contributed by atoms with E-state index in [-0.39, 0.29) is 26.8 Å². The first-order chi connectivity index (χ1) is 20.3. The van der Waals surface area contributed by atoms with Gasteiger partial charge in [-0.3, -0.25) is 0 Å². The molecule has 0 aliphatic rings. The fourth-order valence-electron chi connectivity index (χ4n) is 5.71. The van der Waals surface area contributed by atoms with Crippen molar-refractivity contribution >= 4 is 34.8 Å². The number of benzene rings is 5. The largest absolute Gasteiger partial charge is 2.00 e. The van der Waals surface area contributed by atoms with Gasteiger partial charge in [0.2, 0.25) is 6.33 Å². The number of phenolic OH excluding ortho intramolecular Hbond substituents is 1. The molecule has 0 amide bonds. The van der Waals surface area contributed by atoms with Gasteiger partial charge in [-0.05, 0) is 28.2 Å². The second kappa shape index (κ2) is 11.7. The Balaban J connectivity index is 0.00000316. The van der Waals surface area contributed by atoms with E-state index in [1.807, 2.05) is 53.2 Å². The molecule has 4 nitrogen and oxygen atoms in total. The van der Waals surface area contributed by atoms with E-state index in [0.29, 0.717) is 5.69 Å². The number of rotatable bonds is 6. The van der Waals surface area contributed by atoms with Crippen molar-refractivity contribution in [3.63, 3.8) is 0 Å². The molecule has 42 heavy (non-hydrogen) atoms. The molecule has 0 bridgehead atoms. The number of aromatic nitrogens is 3. The summed E-state index contributed by atoms with van der Waals surface area (Å²) in [7, 11) is -3.08. The topological polar surface area (TPSA) is 41.9 Å². The molecule has 204 valence electrons. The minimum Gasteiger partial charge on any atom is -0.513 e. The van der Waals surface area contributed by atoms with Gasteiger partial charge < -0.3 is 18.9 Å². The average Bonchev–Trinajstić information content (AvgIpc) is 3.43. The van der Waals surface area contributed by atoms with Gasteiger partial charge in [0.05, 0.1) is 11.2 Å². The summed E-state index contributed by atoms with van der Waals surface area (Å²) in [5.41, 5.74) is 4.48. The predicted molar refractivity (Wildman–Crippen MR) is 165 cm³/mol. The standard InChI is InChI=1S/C36H26N3OSi.Pt/c40-36-24-10-9-23-35(36)38-27-39(34-22-8-7-21-33(34)38)41(29-15-3-1-4-16-29,30-17-5-2-6-18-30)31-19-13-14-28(26-31)32-20-11-12-25-37-32;/h1-25,40H;/q-1;+2. The summed E-state index contributed by atoms with van der Waals surface area (Å²) in [6.45, 7) is 0. The zero-order valence-electron chi connectivity index (χ0n) is 22.5. The zero-order valence-corrected chi connectivity index (χ0v) is 25.8. The third kappa shape index (κ3) is 4.61. The number of pyridine rings is 1. The van der Waals surface area contributed by atoms with Crippen LogP contribution in [0.5, 0.6) is 5.75 Å². The maximum absolute atomic E-state index is 10.9. The molecular weight excluding hydrogens is 714 g/mol. The number of nitrogens with zero attached hydrogens (tertiary/aromatic N) is 3. The molecule has 7 aromatic rings. The van der Waals surface area contributed by atoms with E-state index in [0.717, 1.165) is 27.5 Å². The Morgan fingerprint density at radius 2 is 1.29 bits per heavy atom. The molecule has 1 N–H and O–H groups in total. The van der Waals surface area contributed by atoms with Crippen molar-refractivity contribution in [2.24, 2.45) is 0 Å². The number of para-hydroxylation sites is 4. The molecule has 0 aliphatic carbocycles. The number of phenols is 1. The third-order valence-corrected chi connectivity index (χ3v) is 12.0. The van der Waals surface area contributed by atoms with Gasteiger partial charge in [0.25, 0.3) is 0 Å². The minimum atomic E-state index is -3.08. The molecule has 0 radical (unpaired) electrons. The molecule has 6 heteroatoms. The van der Waals surface area contributed by atoms with Gasteiger partial charge in [0.1, 0.15) is 5.75 Å². The van der Waals surface area contributed by atoms with Gasteiger partial charge in [-0.15, -0.1) is 29.8 Å². The molecule has 0 fully saturated rings. The second-order valence-corrected chi connectivity index (χ2v) is 13.4. The van der Waals surface area contributed by atoms with Crippen LogP contribution in [0, 0.1) is 12.4 Å². The van der Waals surface area contributed by atoms with Crippen molar-refractivity contribution in [1.29, 1.82) is 0 Å². The second-order valence-electron chi connectivity index (χ2n) is 9.88. The zero-order chi connectivity index (χ0) is 27.6. The van der Waals surface area contributed by atoms with Gasteiger partial charge in [-0.2, -0.15) is 0 Å². The molecule has 5 aromatic carbocycles. The van der Waals surface area contributed by atoms with Crippen LogP contribution in [-0.2, 0) is 21.1 Å². The van der Waals surface area contributed by atoms with Crippen molar-refractivity contribution < 1.29 is 30.4 Å². The SMILES string of the molecule is Oc1ccccc1-n1[c-][n+]([Si](c2[c-]c(-c3ccccn3)ccc2)(c2ccccc2)c2ccccc2)c2ccccc21.[Pt+2]. The molecule has 0 unspecified atom stereocenters. The van der Waals surface area contributed by atoms with Crippen LogP contribution in [0.3, 0.4) is 0 Å². The van der Waals surface area contributed by atoms with Crippen molar-refractivity contribution in [3.05, 3.63) is 164 Å². The van der Waals surface area contributed by atoms with Crippen LogP contribution in [0.15, 0.2) is 152 Å². The van der Waals surface area contributed by atoms with Crippen molar-refractivity contribution in [3.8, 4) is 22.7 Å². The summed E-state index contributed by atoms with van der Waals surface area (Å²) in [6.07, 6.45) is 5.56. The Morgan fingerprint density at radius 1 is 0.643 bits per heavy atom. The molecule has 2 heterocycles. The van der Waals surface area contributed by atoms with Gasteiger partial charge in [-0.1, -0.05) is 120 Å². The summed E-state index contributed by atoms with van der Waals surface area (Å²) in [5.74, 6) is 0.201. The number of hydrogen-bond donors (Lipinski definition) is 1. The molecule has 0 saturated heterocycles. The number of fused-ring (bicyclic) bond motifs is 1. The fourth-order valence-corrected chi connectivity index (χ4v) is 10.2. The van der Waals surface area contributed by atoms with Crippen LogP contribution in [0.4, 0.5) is 0 Å². The van der Waals surface area contributed by atoms with E-state index in [1.165, 1.54) is 10.4 Å². The number of hydrogen-bond acceptors (Lipinski definition) is 2. The molecule has 2 aromatic heterocycles. The number of imidazole rings is 1. The summed E-state index contributed by atoms with van der Waals surface area (Å²) in [4.78, 5) is 4.63. The Kier molecular flexibility index (Phi) is 7.71. The van der Waals surface area contributed by atoms with Crippen LogP contribution in [0.2, 0.25) is 0 Å².